The van der Waals surface area contributed by atoms with Crippen LogP contribution in [-0.2, 0) is 7.05 Å². The summed E-state index contributed by atoms with van der Waals surface area (Å²) >= 11 is 0. The van der Waals surface area contributed by atoms with Crippen LogP contribution in [0.15, 0.2) is 42.9 Å². The third-order valence-corrected chi connectivity index (χ3v) is 5.41. The number of nitrogens with zero attached hydrogens (tertiary/aromatic N) is 6. The third-order valence-electron chi connectivity index (χ3n) is 5.41. The highest BCUT2D eigenvalue weighted by Crippen LogP contribution is 2.30. The van der Waals surface area contributed by atoms with Crippen molar-refractivity contribution in [3.63, 3.8) is 0 Å². The Balaban J connectivity index is 1.50. The molecule has 1 saturated heterocycles. The molecule has 5 rings (SSSR count). The molecule has 1 aromatic carbocycles. The summed E-state index contributed by atoms with van der Waals surface area (Å²) in [5, 5.41) is 22.2. The van der Waals surface area contributed by atoms with Crippen molar-refractivity contribution in [3.8, 4) is 6.07 Å². The molecule has 0 unspecified atom stereocenters. The summed E-state index contributed by atoms with van der Waals surface area (Å²) in [4.78, 5) is 14.6. The molecule has 3 aromatic heterocycles. The van der Waals surface area contributed by atoms with E-state index in [1.54, 1.807) is 26.5 Å². The molecule has 1 N–H and O–H groups in total. The van der Waals surface area contributed by atoms with Crippen LogP contribution in [0.2, 0.25) is 0 Å². The van der Waals surface area contributed by atoms with Gasteiger partial charge in [-0.15, -0.1) is 0 Å². The molecule has 4 heterocycles. The number of nitrogens with one attached hydrogen (secondary N) is 1. The number of hydrogen-bond donors (Lipinski definition) is 1. The predicted octanol–water partition coefficient (Wildman–Crippen LogP) is 2.87. The van der Waals surface area contributed by atoms with Gasteiger partial charge in [0.05, 0.1) is 34.3 Å². The number of anilines is 2. The van der Waals surface area contributed by atoms with E-state index in [4.69, 9.17) is 5.26 Å². The standard InChI is InChI=1S/C21H19N7O/c1-13-17(21(29)27-9-14(8-22)10-27)12-28-20(13)19(5-6-23-28)24-16-3-4-18-15(7-16)11-26(2)25-18/h3-7,11-12,14,24H,9-10H2,1-2H3. The quantitative estimate of drug-likeness (QED) is 0.586. The summed E-state index contributed by atoms with van der Waals surface area (Å²) < 4.78 is 3.52. The Bertz CT molecular complexity index is 1300. The average Bonchev–Trinajstić information content (AvgIpc) is 3.20. The zero-order valence-electron chi connectivity index (χ0n) is 16.1. The first kappa shape index (κ1) is 17.3. The van der Waals surface area contributed by atoms with E-state index in [0.717, 1.165) is 33.4 Å². The maximum absolute atomic E-state index is 12.8. The van der Waals surface area contributed by atoms with Crippen molar-refractivity contribution in [1.82, 2.24) is 24.3 Å². The summed E-state index contributed by atoms with van der Waals surface area (Å²) in [5.41, 5.74) is 5.10. The Morgan fingerprint density at radius 1 is 1.28 bits per heavy atom. The van der Waals surface area contributed by atoms with E-state index in [1.165, 1.54) is 0 Å². The highest BCUT2D eigenvalue weighted by molar-refractivity contribution is 6.00. The number of aromatic nitrogens is 4. The molecule has 1 aliphatic heterocycles. The van der Waals surface area contributed by atoms with E-state index in [2.05, 4.69) is 21.6 Å². The molecule has 0 radical (unpaired) electrons. The number of likely N-dealkylation sites (tertiary alicyclic amines) is 1. The second kappa shape index (κ2) is 6.34. The van der Waals surface area contributed by atoms with Crippen molar-refractivity contribution in [3.05, 3.63) is 54.0 Å². The third kappa shape index (κ3) is 2.79. The number of carbonyl (C=O) groups is 1. The summed E-state index contributed by atoms with van der Waals surface area (Å²) in [6.45, 7) is 2.91. The Morgan fingerprint density at radius 3 is 2.90 bits per heavy atom. The number of rotatable bonds is 3. The van der Waals surface area contributed by atoms with Crippen LogP contribution in [0.3, 0.4) is 0 Å². The minimum atomic E-state index is -0.0611. The van der Waals surface area contributed by atoms with Crippen LogP contribution in [0.5, 0.6) is 0 Å². The van der Waals surface area contributed by atoms with Crippen LogP contribution in [0.25, 0.3) is 16.4 Å². The Hall–Kier alpha value is -3.86. The number of fused-ring (bicyclic) bond motifs is 2. The van der Waals surface area contributed by atoms with Gasteiger partial charge in [0.25, 0.3) is 5.91 Å². The molecular weight excluding hydrogens is 366 g/mol. The zero-order valence-corrected chi connectivity index (χ0v) is 16.1. The van der Waals surface area contributed by atoms with Crippen LogP contribution < -0.4 is 5.32 Å². The maximum atomic E-state index is 12.8. The lowest BCUT2D eigenvalue weighted by atomic mass is 10.0. The van der Waals surface area contributed by atoms with Gasteiger partial charge >= 0.3 is 0 Å². The lowest BCUT2D eigenvalue weighted by Gasteiger charge is -2.35. The number of aryl methyl sites for hydroxylation is 2. The van der Waals surface area contributed by atoms with Crippen LogP contribution in [0.1, 0.15) is 15.9 Å². The molecular formula is C21H19N7O. The molecule has 0 aliphatic carbocycles. The Morgan fingerprint density at radius 2 is 2.10 bits per heavy atom. The first-order valence-electron chi connectivity index (χ1n) is 9.40. The maximum Gasteiger partial charge on any atom is 0.255 e. The van der Waals surface area contributed by atoms with E-state index in [9.17, 15) is 4.79 Å². The van der Waals surface area contributed by atoms with Crippen LogP contribution in [0.4, 0.5) is 11.4 Å². The van der Waals surface area contributed by atoms with Crippen molar-refractivity contribution in [2.24, 2.45) is 13.0 Å². The highest BCUT2D eigenvalue weighted by atomic mass is 16.2. The van der Waals surface area contributed by atoms with Gasteiger partial charge in [-0.05, 0) is 36.8 Å². The van der Waals surface area contributed by atoms with E-state index >= 15 is 0 Å². The first-order valence-corrected chi connectivity index (χ1v) is 9.40. The molecule has 1 amide bonds. The van der Waals surface area contributed by atoms with Gasteiger partial charge in [0.15, 0.2) is 0 Å². The van der Waals surface area contributed by atoms with Gasteiger partial charge in [-0.3, -0.25) is 9.48 Å². The summed E-state index contributed by atoms with van der Waals surface area (Å²) in [6, 6.07) is 10.1. The van der Waals surface area contributed by atoms with E-state index < -0.39 is 0 Å². The molecule has 144 valence electrons. The minimum Gasteiger partial charge on any atom is -0.354 e. The number of benzene rings is 1. The van der Waals surface area contributed by atoms with Crippen molar-refractivity contribution in [2.45, 2.75) is 6.92 Å². The minimum absolute atomic E-state index is 0.0535. The van der Waals surface area contributed by atoms with Crippen molar-refractivity contribution >= 4 is 33.7 Å². The molecule has 0 atom stereocenters. The predicted molar refractivity (Wildman–Crippen MR) is 109 cm³/mol. The largest absolute Gasteiger partial charge is 0.354 e. The molecule has 0 saturated carbocycles. The molecule has 0 bridgehead atoms. The topological polar surface area (TPSA) is 91.2 Å². The normalized spacial score (nSPS) is 14.2. The monoisotopic (exact) mass is 385 g/mol. The van der Waals surface area contributed by atoms with Gasteiger partial charge in [0.2, 0.25) is 0 Å². The Labute approximate surface area is 166 Å². The van der Waals surface area contributed by atoms with Gasteiger partial charge in [-0.2, -0.15) is 15.5 Å². The van der Waals surface area contributed by atoms with Crippen LogP contribution >= 0.6 is 0 Å². The van der Waals surface area contributed by atoms with E-state index in [-0.39, 0.29) is 11.8 Å². The highest BCUT2D eigenvalue weighted by Gasteiger charge is 2.32. The summed E-state index contributed by atoms with van der Waals surface area (Å²) in [5.74, 6) is -0.115. The molecule has 8 heteroatoms. The van der Waals surface area contributed by atoms with Crippen molar-refractivity contribution in [2.75, 3.05) is 18.4 Å². The van der Waals surface area contributed by atoms with Crippen LogP contribution in [-0.4, -0.2) is 43.3 Å². The van der Waals surface area contributed by atoms with Gasteiger partial charge < -0.3 is 10.2 Å². The Kier molecular flexibility index (Phi) is 3.77. The summed E-state index contributed by atoms with van der Waals surface area (Å²) in [6.07, 6.45) is 5.45. The molecule has 29 heavy (non-hydrogen) atoms. The lowest BCUT2D eigenvalue weighted by Crippen LogP contribution is -2.49. The van der Waals surface area contributed by atoms with Crippen molar-refractivity contribution in [1.29, 1.82) is 5.26 Å². The molecule has 1 aliphatic rings. The van der Waals surface area contributed by atoms with Gasteiger partial charge in [-0.25, -0.2) is 4.52 Å². The molecule has 8 nitrogen and oxygen atoms in total. The smallest absolute Gasteiger partial charge is 0.255 e. The first-order chi connectivity index (χ1) is 14.0. The van der Waals surface area contributed by atoms with Crippen LogP contribution in [0, 0.1) is 24.2 Å². The zero-order chi connectivity index (χ0) is 20.1. The second-order valence-electron chi connectivity index (χ2n) is 7.44. The molecule has 4 aromatic rings. The second-order valence-corrected chi connectivity index (χ2v) is 7.44. The van der Waals surface area contributed by atoms with Crippen molar-refractivity contribution < 1.29 is 4.79 Å². The van der Waals surface area contributed by atoms with E-state index in [1.807, 2.05) is 44.4 Å². The van der Waals surface area contributed by atoms with Gasteiger partial charge in [-0.1, -0.05) is 0 Å². The van der Waals surface area contributed by atoms with Gasteiger partial charge in [0, 0.05) is 49.8 Å². The average molecular weight is 385 g/mol. The van der Waals surface area contributed by atoms with Gasteiger partial charge in [0.1, 0.15) is 0 Å². The molecule has 0 spiro atoms. The number of carbonyl (C=O) groups excluding carboxylic acids is 1. The fourth-order valence-electron chi connectivity index (χ4n) is 3.85. The fraction of sp³-hybridized carbons (Fsp3) is 0.238. The number of nitriles is 1. The molecule has 1 fully saturated rings. The summed E-state index contributed by atoms with van der Waals surface area (Å²) in [7, 11) is 1.90. The number of amides is 1. The number of hydrogen-bond acceptors (Lipinski definition) is 5. The lowest BCUT2D eigenvalue weighted by molar-refractivity contribution is 0.0576. The van der Waals surface area contributed by atoms with E-state index in [0.29, 0.717) is 18.7 Å². The SMILES string of the molecule is Cc1c(C(=O)N2CC(C#N)C2)cn2nccc(Nc3ccc4nn(C)cc4c3)c12. The fourth-order valence-corrected chi connectivity index (χ4v) is 3.85.